The number of hydrogen-bond donors (Lipinski definition) is 1. The molecular weight excluding hydrogens is 222 g/mol. The molecule has 0 unspecified atom stereocenters. The van der Waals surface area contributed by atoms with Gasteiger partial charge in [-0.3, -0.25) is 10.1 Å². The minimum Gasteiger partial charge on any atom is -0.393 e. The maximum absolute atomic E-state index is 13.3. The Kier molecular flexibility index (Phi) is 2.81. The quantitative estimate of drug-likeness (QED) is 0.363. The topological polar surface area (TPSA) is 86.2 Å². The van der Waals surface area contributed by atoms with Gasteiger partial charge in [-0.1, -0.05) is 0 Å². The first-order valence-corrected chi connectivity index (χ1v) is 6.62. The van der Waals surface area contributed by atoms with Crippen LogP contribution in [0.2, 0.25) is 0 Å². The molecule has 0 fully saturated rings. The summed E-state index contributed by atoms with van der Waals surface area (Å²) in [5.74, 6) is -0.772. The van der Waals surface area contributed by atoms with Crippen molar-refractivity contribution in [1.82, 2.24) is 0 Å². The van der Waals surface area contributed by atoms with Gasteiger partial charge in [0.15, 0.2) is 0 Å². The minimum atomic E-state index is -2.88. The van der Waals surface area contributed by atoms with Gasteiger partial charge in [0.05, 0.1) is 10.2 Å². The summed E-state index contributed by atoms with van der Waals surface area (Å²) in [5, 5.41) is 10.4. The fourth-order valence-corrected chi connectivity index (χ4v) is 2.15. The standard InChI is InChI=1S/C8H10FN2O3P/c1-15(2,14)8-4-7(11(12)13)6(10)3-5(8)9/h3-4H,10H2,1-2H3. The predicted octanol–water partition coefficient (Wildman–Crippen LogP) is 1.56. The molecule has 0 heterocycles. The Labute approximate surface area is 85.6 Å². The minimum absolute atomic E-state index is 0.150. The van der Waals surface area contributed by atoms with Crippen LogP contribution in [0.15, 0.2) is 12.1 Å². The molecule has 0 aliphatic rings. The highest BCUT2D eigenvalue weighted by Gasteiger charge is 2.23. The maximum atomic E-state index is 13.3. The van der Waals surface area contributed by atoms with Gasteiger partial charge >= 0.3 is 0 Å². The highest BCUT2D eigenvalue weighted by Crippen LogP contribution is 2.38. The summed E-state index contributed by atoms with van der Waals surface area (Å²) in [6.45, 7) is 2.68. The van der Waals surface area contributed by atoms with E-state index in [1.807, 2.05) is 0 Å². The number of nitro groups is 1. The molecule has 0 bridgehead atoms. The molecule has 0 saturated carbocycles. The SMILES string of the molecule is CP(C)(=O)c1cc([N+](=O)[O-])c(N)cc1F. The van der Waals surface area contributed by atoms with Crippen molar-refractivity contribution in [3.05, 3.63) is 28.1 Å². The van der Waals surface area contributed by atoms with Gasteiger partial charge < -0.3 is 10.3 Å². The lowest BCUT2D eigenvalue weighted by Crippen LogP contribution is -2.11. The van der Waals surface area contributed by atoms with Crippen LogP contribution in [0.3, 0.4) is 0 Å². The van der Waals surface area contributed by atoms with Gasteiger partial charge in [0.2, 0.25) is 0 Å². The second-order valence-electron chi connectivity index (χ2n) is 3.47. The van der Waals surface area contributed by atoms with Crippen molar-refractivity contribution in [3.63, 3.8) is 0 Å². The van der Waals surface area contributed by atoms with Crippen LogP contribution in [0, 0.1) is 15.9 Å². The Morgan fingerprint density at radius 3 is 2.40 bits per heavy atom. The number of rotatable bonds is 2. The summed E-state index contributed by atoms with van der Waals surface area (Å²) >= 11 is 0. The second kappa shape index (κ2) is 3.62. The van der Waals surface area contributed by atoms with Crippen molar-refractivity contribution in [2.45, 2.75) is 0 Å². The van der Waals surface area contributed by atoms with Gasteiger partial charge in [-0.05, 0) is 13.3 Å². The van der Waals surface area contributed by atoms with E-state index in [0.29, 0.717) is 0 Å². The third kappa shape index (κ3) is 2.33. The van der Waals surface area contributed by atoms with E-state index >= 15 is 0 Å². The van der Waals surface area contributed by atoms with Crippen molar-refractivity contribution in [1.29, 1.82) is 0 Å². The number of benzene rings is 1. The van der Waals surface area contributed by atoms with Crippen LogP contribution in [0.4, 0.5) is 15.8 Å². The van der Waals surface area contributed by atoms with Crippen molar-refractivity contribution in [2.24, 2.45) is 0 Å². The highest BCUT2D eigenvalue weighted by atomic mass is 31.2. The smallest absolute Gasteiger partial charge is 0.293 e. The zero-order chi connectivity index (χ0) is 11.8. The van der Waals surface area contributed by atoms with E-state index in [1.165, 1.54) is 13.3 Å². The summed E-state index contributed by atoms with van der Waals surface area (Å²) in [6.07, 6.45) is 0. The second-order valence-corrected chi connectivity index (χ2v) is 6.65. The zero-order valence-corrected chi connectivity index (χ0v) is 9.12. The molecule has 0 aliphatic heterocycles. The van der Waals surface area contributed by atoms with Gasteiger partial charge in [0.25, 0.3) is 5.69 Å². The van der Waals surface area contributed by atoms with Gasteiger partial charge in [-0.25, -0.2) is 4.39 Å². The fraction of sp³-hybridized carbons (Fsp3) is 0.250. The third-order valence-corrected chi connectivity index (χ3v) is 3.38. The molecule has 1 rings (SSSR count). The van der Waals surface area contributed by atoms with Crippen LogP contribution >= 0.6 is 7.14 Å². The maximum Gasteiger partial charge on any atom is 0.293 e. The van der Waals surface area contributed by atoms with Gasteiger partial charge in [0.1, 0.15) is 18.6 Å². The molecule has 0 radical (unpaired) electrons. The van der Waals surface area contributed by atoms with E-state index in [1.54, 1.807) is 0 Å². The van der Waals surface area contributed by atoms with Crippen molar-refractivity contribution in [3.8, 4) is 0 Å². The monoisotopic (exact) mass is 232 g/mol. The predicted molar refractivity (Wildman–Crippen MR) is 56.6 cm³/mol. The van der Waals surface area contributed by atoms with E-state index in [0.717, 1.165) is 12.1 Å². The number of nitro benzene ring substituents is 1. The van der Waals surface area contributed by atoms with E-state index < -0.39 is 23.6 Å². The molecule has 5 nitrogen and oxygen atoms in total. The van der Waals surface area contributed by atoms with Crippen LogP contribution in [0.25, 0.3) is 0 Å². The number of anilines is 1. The number of halogens is 1. The van der Waals surface area contributed by atoms with Crippen molar-refractivity contribution in [2.75, 3.05) is 19.1 Å². The fourth-order valence-electron chi connectivity index (χ4n) is 1.14. The average molecular weight is 232 g/mol. The Morgan fingerprint density at radius 1 is 1.47 bits per heavy atom. The number of nitrogen functional groups attached to an aromatic ring is 1. The van der Waals surface area contributed by atoms with E-state index in [-0.39, 0.29) is 11.0 Å². The van der Waals surface area contributed by atoms with Crippen LogP contribution < -0.4 is 11.0 Å². The first-order valence-electron chi connectivity index (χ1n) is 4.02. The average Bonchev–Trinajstić information content (AvgIpc) is 2.00. The lowest BCUT2D eigenvalue weighted by atomic mass is 10.2. The first kappa shape index (κ1) is 11.7. The molecule has 15 heavy (non-hydrogen) atoms. The molecule has 82 valence electrons. The Bertz CT molecular complexity index is 469. The third-order valence-electron chi connectivity index (χ3n) is 1.87. The summed E-state index contributed by atoms with van der Waals surface area (Å²) in [6, 6.07) is 1.76. The van der Waals surface area contributed by atoms with Crippen LogP contribution in [-0.2, 0) is 4.57 Å². The molecule has 0 aromatic heterocycles. The lowest BCUT2D eigenvalue weighted by Gasteiger charge is -2.08. The molecule has 0 amide bonds. The van der Waals surface area contributed by atoms with E-state index in [2.05, 4.69) is 0 Å². The molecule has 0 atom stereocenters. The zero-order valence-electron chi connectivity index (χ0n) is 8.23. The van der Waals surface area contributed by atoms with E-state index in [4.69, 9.17) is 5.73 Å². The number of nitrogens with two attached hydrogens (primary N) is 1. The Balaban J connectivity index is 3.50. The van der Waals surface area contributed by atoms with Crippen molar-refractivity contribution >= 4 is 23.8 Å². The molecule has 0 saturated heterocycles. The first-order chi connectivity index (χ1) is 6.73. The molecule has 2 N–H and O–H groups in total. The summed E-state index contributed by atoms with van der Waals surface area (Å²) in [5.41, 5.74) is 4.57. The Morgan fingerprint density at radius 2 is 2.00 bits per heavy atom. The molecule has 1 aromatic carbocycles. The van der Waals surface area contributed by atoms with Crippen LogP contribution in [-0.4, -0.2) is 18.3 Å². The van der Waals surface area contributed by atoms with Gasteiger partial charge in [0, 0.05) is 12.1 Å². The molecule has 0 aliphatic carbocycles. The number of nitrogens with zero attached hydrogens (tertiary/aromatic N) is 1. The summed E-state index contributed by atoms with van der Waals surface area (Å²) in [7, 11) is -2.88. The highest BCUT2D eigenvalue weighted by molar-refractivity contribution is 7.70. The lowest BCUT2D eigenvalue weighted by molar-refractivity contribution is -0.383. The summed E-state index contributed by atoms with van der Waals surface area (Å²) in [4.78, 5) is 9.80. The molecule has 0 spiro atoms. The van der Waals surface area contributed by atoms with Crippen molar-refractivity contribution < 1.29 is 13.9 Å². The van der Waals surface area contributed by atoms with Gasteiger partial charge in [-0.2, -0.15) is 0 Å². The van der Waals surface area contributed by atoms with Gasteiger partial charge in [-0.15, -0.1) is 0 Å². The molecule has 1 aromatic rings. The molecular formula is C8H10FN2O3P. The normalized spacial score (nSPS) is 11.4. The largest absolute Gasteiger partial charge is 0.393 e. The summed E-state index contributed by atoms with van der Waals surface area (Å²) < 4.78 is 24.9. The number of hydrogen-bond acceptors (Lipinski definition) is 4. The Hall–Kier alpha value is -1.42. The van der Waals surface area contributed by atoms with E-state index in [9.17, 15) is 19.1 Å². The van der Waals surface area contributed by atoms with Crippen LogP contribution in [0.1, 0.15) is 0 Å². The molecule has 7 heteroatoms. The van der Waals surface area contributed by atoms with Crippen LogP contribution in [0.5, 0.6) is 0 Å².